The highest BCUT2D eigenvalue weighted by Gasteiger charge is 2.23. The summed E-state index contributed by atoms with van der Waals surface area (Å²) in [5.74, 6) is -0.939. The maximum absolute atomic E-state index is 13.1. The molecule has 104 valence electrons. The molecule has 1 fully saturated rings. The summed E-state index contributed by atoms with van der Waals surface area (Å²) in [4.78, 5) is 17.9. The smallest absolute Gasteiger partial charge is 0.254 e. The topological polar surface area (TPSA) is 45.2 Å². The molecule has 6 heteroatoms. The van der Waals surface area contributed by atoms with E-state index >= 15 is 0 Å². The Morgan fingerprint density at radius 2 is 2.47 bits per heavy atom. The van der Waals surface area contributed by atoms with Gasteiger partial charge in [0.1, 0.15) is 11.0 Å². The van der Waals surface area contributed by atoms with Crippen LogP contribution >= 0.6 is 11.6 Å². The Bertz CT molecular complexity index is 469. The molecule has 0 radical (unpaired) electrons. The molecule has 0 aromatic carbocycles. The molecular weight excluding hydrogens is 269 g/mol. The molecule has 19 heavy (non-hydrogen) atoms. The van der Waals surface area contributed by atoms with Crippen LogP contribution in [0.15, 0.2) is 12.3 Å². The molecule has 1 amide bonds. The molecule has 0 saturated carbocycles. The van der Waals surface area contributed by atoms with Crippen LogP contribution in [0.4, 0.5) is 4.39 Å². The first kappa shape index (κ1) is 14.2. The Balaban J connectivity index is 1.96. The highest BCUT2D eigenvalue weighted by molar-refractivity contribution is 6.32. The van der Waals surface area contributed by atoms with Crippen molar-refractivity contribution in [2.75, 3.05) is 19.6 Å². The number of carbonyl (C=O) groups is 1. The number of likely N-dealkylation sites (tertiary alicyclic amines) is 1. The van der Waals surface area contributed by atoms with Gasteiger partial charge in [-0.3, -0.25) is 9.69 Å². The summed E-state index contributed by atoms with van der Waals surface area (Å²) < 4.78 is 13.1. The molecular formula is C13H17ClFN3O. The summed E-state index contributed by atoms with van der Waals surface area (Å²) in [5.41, 5.74) is 0.0858. The van der Waals surface area contributed by atoms with Crippen LogP contribution in [0.2, 0.25) is 5.15 Å². The molecule has 1 unspecified atom stereocenters. The standard InChI is InChI=1S/C13H17ClFN3O/c1-2-18-5-3-4-10(18)8-17-13(19)11-6-9(15)7-16-12(11)14/h6-7,10H,2-5,8H2,1H3,(H,17,19). The van der Waals surface area contributed by atoms with Crippen LogP contribution in [0.25, 0.3) is 0 Å². The summed E-state index contributed by atoms with van der Waals surface area (Å²) in [6.45, 7) is 4.70. The molecule has 2 heterocycles. The number of nitrogens with zero attached hydrogens (tertiary/aromatic N) is 2. The highest BCUT2D eigenvalue weighted by Crippen LogP contribution is 2.17. The van der Waals surface area contributed by atoms with Gasteiger partial charge in [-0.2, -0.15) is 0 Å². The van der Waals surface area contributed by atoms with Crippen molar-refractivity contribution in [1.29, 1.82) is 0 Å². The Kier molecular flexibility index (Phi) is 4.71. The third-order valence-corrected chi connectivity index (χ3v) is 3.76. The van der Waals surface area contributed by atoms with E-state index in [1.165, 1.54) is 0 Å². The number of nitrogens with one attached hydrogen (secondary N) is 1. The van der Waals surface area contributed by atoms with E-state index in [1.54, 1.807) is 0 Å². The fourth-order valence-corrected chi connectivity index (χ4v) is 2.62. The van der Waals surface area contributed by atoms with Gasteiger partial charge in [-0.15, -0.1) is 0 Å². The van der Waals surface area contributed by atoms with Crippen LogP contribution in [-0.4, -0.2) is 41.5 Å². The van der Waals surface area contributed by atoms with Gasteiger partial charge in [-0.05, 0) is 32.0 Å². The zero-order valence-corrected chi connectivity index (χ0v) is 11.6. The molecule has 4 nitrogen and oxygen atoms in total. The van der Waals surface area contributed by atoms with Gasteiger partial charge < -0.3 is 5.32 Å². The molecule has 1 aliphatic heterocycles. The first-order valence-corrected chi connectivity index (χ1v) is 6.83. The number of halogens is 2. The van der Waals surface area contributed by atoms with Gasteiger partial charge in [0.2, 0.25) is 0 Å². The van der Waals surface area contributed by atoms with Crippen LogP contribution in [0, 0.1) is 5.82 Å². The zero-order valence-electron chi connectivity index (χ0n) is 10.8. The van der Waals surface area contributed by atoms with Crippen molar-refractivity contribution in [3.63, 3.8) is 0 Å². The summed E-state index contributed by atoms with van der Waals surface area (Å²) in [6, 6.07) is 1.46. The molecule has 0 bridgehead atoms. The second kappa shape index (κ2) is 6.30. The number of amides is 1. The lowest BCUT2D eigenvalue weighted by molar-refractivity contribution is 0.0940. The van der Waals surface area contributed by atoms with Crippen molar-refractivity contribution in [2.24, 2.45) is 0 Å². The number of aromatic nitrogens is 1. The molecule has 1 aromatic heterocycles. The van der Waals surface area contributed by atoms with Crippen LogP contribution < -0.4 is 5.32 Å². The molecule has 1 atom stereocenters. The molecule has 1 N–H and O–H groups in total. The second-order valence-corrected chi connectivity index (χ2v) is 4.98. The van der Waals surface area contributed by atoms with E-state index in [9.17, 15) is 9.18 Å². The predicted molar refractivity (Wildman–Crippen MR) is 71.8 cm³/mol. The van der Waals surface area contributed by atoms with E-state index in [4.69, 9.17) is 11.6 Å². The maximum atomic E-state index is 13.1. The number of likely N-dealkylation sites (N-methyl/N-ethyl adjacent to an activating group) is 1. The molecule has 0 aliphatic carbocycles. The molecule has 1 aromatic rings. The number of pyridine rings is 1. The predicted octanol–water partition coefficient (Wildman–Crippen LogP) is 2.09. The van der Waals surface area contributed by atoms with E-state index in [-0.39, 0.29) is 16.6 Å². The Labute approximate surface area is 117 Å². The lowest BCUT2D eigenvalue weighted by atomic mass is 10.2. The Hall–Kier alpha value is -1.20. The van der Waals surface area contributed by atoms with Crippen molar-refractivity contribution in [3.8, 4) is 0 Å². The summed E-state index contributed by atoms with van der Waals surface area (Å²) >= 11 is 5.79. The normalized spacial score (nSPS) is 19.6. The van der Waals surface area contributed by atoms with Gasteiger partial charge in [-0.1, -0.05) is 18.5 Å². The first-order valence-electron chi connectivity index (χ1n) is 6.45. The van der Waals surface area contributed by atoms with E-state index < -0.39 is 5.82 Å². The minimum Gasteiger partial charge on any atom is -0.350 e. The van der Waals surface area contributed by atoms with Gasteiger partial charge in [0.05, 0.1) is 11.8 Å². The number of rotatable bonds is 4. The number of hydrogen-bond donors (Lipinski definition) is 1. The van der Waals surface area contributed by atoms with Crippen LogP contribution in [0.1, 0.15) is 30.1 Å². The second-order valence-electron chi connectivity index (χ2n) is 4.63. The average molecular weight is 286 g/mol. The SMILES string of the molecule is CCN1CCCC1CNC(=O)c1cc(F)cnc1Cl. The average Bonchev–Trinajstić information content (AvgIpc) is 2.86. The zero-order chi connectivity index (χ0) is 13.8. The first-order chi connectivity index (χ1) is 9.11. The van der Waals surface area contributed by atoms with Gasteiger partial charge >= 0.3 is 0 Å². The van der Waals surface area contributed by atoms with Gasteiger partial charge in [0, 0.05) is 12.6 Å². The Morgan fingerprint density at radius 1 is 1.68 bits per heavy atom. The van der Waals surface area contributed by atoms with Gasteiger partial charge in [0.15, 0.2) is 0 Å². The van der Waals surface area contributed by atoms with Gasteiger partial charge in [0.25, 0.3) is 5.91 Å². The minimum absolute atomic E-state index is 0.0256. The van der Waals surface area contributed by atoms with E-state index in [1.807, 2.05) is 0 Å². The fourth-order valence-electron chi connectivity index (χ4n) is 2.43. The fraction of sp³-hybridized carbons (Fsp3) is 0.538. The van der Waals surface area contributed by atoms with Crippen molar-refractivity contribution >= 4 is 17.5 Å². The quantitative estimate of drug-likeness (QED) is 0.862. The van der Waals surface area contributed by atoms with Crippen LogP contribution in [-0.2, 0) is 0 Å². The maximum Gasteiger partial charge on any atom is 0.254 e. The van der Waals surface area contributed by atoms with E-state index in [0.29, 0.717) is 12.6 Å². The lowest BCUT2D eigenvalue weighted by Crippen LogP contribution is -2.40. The van der Waals surface area contributed by atoms with Crippen LogP contribution in [0.5, 0.6) is 0 Å². The van der Waals surface area contributed by atoms with E-state index in [0.717, 1.165) is 38.2 Å². The Morgan fingerprint density at radius 3 is 3.21 bits per heavy atom. The summed E-state index contributed by atoms with van der Waals surface area (Å²) in [7, 11) is 0. The molecule has 2 rings (SSSR count). The molecule has 1 saturated heterocycles. The molecule has 0 spiro atoms. The van der Waals surface area contributed by atoms with E-state index in [2.05, 4.69) is 22.1 Å². The third kappa shape index (κ3) is 3.42. The monoisotopic (exact) mass is 285 g/mol. The largest absolute Gasteiger partial charge is 0.350 e. The molecule has 1 aliphatic rings. The van der Waals surface area contributed by atoms with Crippen molar-refractivity contribution in [1.82, 2.24) is 15.2 Å². The van der Waals surface area contributed by atoms with Gasteiger partial charge in [-0.25, -0.2) is 9.37 Å². The van der Waals surface area contributed by atoms with Crippen molar-refractivity contribution in [3.05, 3.63) is 28.8 Å². The van der Waals surface area contributed by atoms with Crippen LogP contribution in [0.3, 0.4) is 0 Å². The minimum atomic E-state index is -0.564. The lowest BCUT2D eigenvalue weighted by Gasteiger charge is -2.22. The number of hydrogen-bond acceptors (Lipinski definition) is 3. The van der Waals surface area contributed by atoms with Crippen molar-refractivity contribution in [2.45, 2.75) is 25.8 Å². The summed E-state index contributed by atoms with van der Waals surface area (Å²) in [6.07, 6.45) is 3.22. The highest BCUT2D eigenvalue weighted by atomic mass is 35.5. The summed E-state index contributed by atoms with van der Waals surface area (Å²) in [5, 5.41) is 2.83. The van der Waals surface area contributed by atoms with Crippen molar-refractivity contribution < 1.29 is 9.18 Å². The third-order valence-electron chi connectivity index (χ3n) is 3.45. The number of carbonyl (C=O) groups excluding carboxylic acids is 1.